The molecule has 0 saturated heterocycles. The highest BCUT2D eigenvalue weighted by atomic mass is 19.4. The van der Waals surface area contributed by atoms with Crippen LogP contribution in [0.2, 0.25) is 0 Å². The van der Waals surface area contributed by atoms with Gasteiger partial charge in [0.15, 0.2) is 0 Å². The van der Waals surface area contributed by atoms with Crippen molar-refractivity contribution in [1.29, 1.82) is 0 Å². The lowest BCUT2D eigenvalue weighted by atomic mass is 9.96. The van der Waals surface area contributed by atoms with E-state index in [-0.39, 0.29) is 5.92 Å². The first-order chi connectivity index (χ1) is 10.0. The third-order valence-electron chi connectivity index (χ3n) is 3.15. The number of benzene rings is 2. The second-order valence-electron chi connectivity index (χ2n) is 4.65. The molecule has 0 fully saturated rings. The smallest absolute Gasteiger partial charge is 0.166 e. The minimum Gasteiger partial charge on any atom is -0.166 e. The largest absolute Gasteiger partial charge is 0.416 e. The van der Waals surface area contributed by atoms with Crippen LogP contribution < -0.4 is 0 Å². The zero-order valence-corrected chi connectivity index (χ0v) is 11.3. The summed E-state index contributed by atoms with van der Waals surface area (Å²) >= 11 is 0. The molecule has 0 spiro atoms. The number of hydrogen-bond donors (Lipinski definition) is 0. The number of halogens is 3. The van der Waals surface area contributed by atoms with Gasteiger partial charge in [-0.2, -0.15) is 13.2 Å². The maximum absolute atomic E-state index is 12.7. The van der Waals surface area contributed by atoms with Crippen molar-refractivity contribution in [3.05, 3.63) is 90.0 Å². The second kappa shape index (κ2) is 6.44. The predicted molar refractivity (Wildman–Crippen MR) is 79.9 cm³/mol. The zero-order valence-electron chi connectivity index (χ0n) is 11.3. The van der Waals surface area contributed by atoms with E-state index in [1.165, 1.54) is 12.1 Å². The van der Waals surface area contributed by atoms with Gasteiger partial charge in [0.2, 0.25) is 0 Å². The number of alkyl halides is 3. The average Bonchev–Trinajstić information content (AvgIpc) is 2.48. The van der Waals surface area contributed by atoms with Crippen LogP contribution in [0.15, 0.2) is 73.3 Å². The van der Waals surface area contributed by atoms with Gasteiger partial charge in [-0.1, -0.05) is 66.8 Å². The molecule has 3 heteroatoms. The van der Waals surface area contributed by atoms with E-state index in [0.717, 1.165) is 11.6 Å². The van der Waals surface area contributed by atoms with E-state index in [2.05, 4.69) is 6.58 Å². The van der Waals surface area contributed by atoms with E-state index in [9.17, 15) is 13.2 Å². The first kappa shape index (κ1) is 15.1. The fourth-order valence-corrected chi connectivity index (χ4v) is 2.03. The van der Waals surface area contributed by atoms with Crippen LogP contribution in [0.4, 0.5) is 13.2 Å². The standard InChI is InChI=1S/C18H15F3/c1-2-15(12-11-14-7-4-3-5-8-14)16-9-6-10-17(13-16)18(19,20)21/h2-13,15H,1H2/b12-11+/t15-/m1/s1. The van der Waals surface area contributed by atoms with Gasteiger partial charge in [-0.3, -0.25) is 0 Å². The molecule has 108 valence electrons. The molecule has 21 heavy (non-hydrogen) atoms. The Hall–Kier alpha value is -2.29. The molecule has 1 atom stereocenters. The molecular weight excluding hydrogens is 273 g/mol. The topological polar surface area (TPSA) is 0 Å². The van der Waals surface area contributed by atoms with Crippen LogP contribution in [0.25, 0.3) is 6.08 Å². The number of allylic oxidation sites excluding steroid dienone is 2. The van der Waals surface area contributed by atoms with Crippen molar-refractivity contribution in [2.75, 3.05) is 0 Å². The first-order valence-electron chi connectivity index (χ1n) is 6.53. The van der Waals surface area contributed by atoms with Crippen molar-refractivity contribution in [3.8, 4) is 0 Å². The summed E-state index contributed by atoms with van der Waals surface area (Å²) in [6.07, 6.45) is 1.03. The molecule has 0 N–H and O–H groups in total. The summed E-state index contributed by atoms with van der Waals surface area (Å²) in [6.45, 7) is 3.71. The molecule has 0 aromatic heterocycles. The van der Waals surface area contributed by atoms with E-state index in [1.807, 2.05) is 42.5 Å². The molecular formula is C18H15F3. The third kappa shape index (κ3) is 4.09. The molecule has 0 unspecified atom stereocenters. The van der Waals surface area contributed by atoms with Gasteiger partial charge in [0.05, 0.1) is 5.56 Å². The minimum absolute atomic E-state index is 0.257. The average molecular weight is 288 g/mol. The van der Waals surface area contributed by atoms with Gasteiger partial charge in [-0.05, 0) is 17.2 Å². The van der Waals surface area contributed by atoms with E-state index < -0.39 is 11.7 Å². The monoisotopic (exact) mass is 288 g/mol. The molecule has 2 aromatic carbocycles. The van der Waals surface area contributed by atoms with Gasteiger partial charge in [0, 0.05) is 5.92 Å². The van der Waals surface area contributed by atoms with Crippen LogP contribution in [-0.4, -0.2) is 0 Å². The Morgan fingerprint density at radius 2 is 1.67 bits per heavy atom. The Morgan fingerprint density at radius 1 is 0.952 bits per heavy atom. The first-order valence-corrected chi connectivity index (χ1v) is 6.53. The summed E-state index contributed by atoms with van der Waals surface area (Å²) in [5.74, 6) is -0.257. The van der Waals surface area contributed by atoms with Gasteiger partial charge in [0.1, 0.15) is 0 Å². The summed E-state index contributed by atoms with van der Waals surface area (Å²) in [7, 11) is 0. The van der Waals surface area contributed by atoms with Crippen LogP contribution in [0.1, 0.15) is 22.6 Å². The van der Waals surface area contributed by atoms with Gasteiger partial charge < -0.3 is 0 Å². The molecule has 0 radical (unpaired) electrons. The van der Waals surface area contributed by atoms with Gasteiger partial charge in [0.25, 0.3) is 0 Å². The predicted octanol–water partition coefficient (Wildman–Crippen LogP) is 5.69. The molecule has 0 aliphatic rings. The van der Waals surface area contributed by atoms with E-state index in [0.29, 0.717) is 5.56 Å². The molecule has 2 rings (SSSR count). The lowest BCUT2D eigenvalue weighted by Crippen LogP contribution is -2.05. The fraction of sp³-hybridized carbons (Fsp3) is 0.111. The number of rotatable bonds is 4. The molecule has 0 saturated carbocycles. The summed E-state index contributed by atoms with van der Waals surface area (Å²) in [6, 6.07) is 14.9. The van der Waals surface area contributed by atoms with Crippen LogP contribution in [0.5, 0.6) is 0 Å². The van der Waals surface area contributed by atoms with Crippen molar-refractivity contribution in [2.24, 2.45) is 0 Å². The van der Waals surface area contributed by atoms with Gasteiger partial charge in [-0.15, -0.1) is 6.58 Å². The molecule has 0 bridgehead atoms. The van der Waals surface area contributed by atoms with Crippen molar-refractivity contribution < 1.29 is 13.2 Å². The zero-order chi connectivity index (χ0) is 15.3. The summed E-state index contributed by atoms with van der Waals surface area (Å²) in [4.78, 5) is 0. The molecule has 2 aromatic rings. The highest BCUT2D eigenvalue weighted by Gasteiger charge is 2.30. The molecule has 0 amide bonds. The van der Waals surface area contributed by atoms with Gasteiger partial charge >= 0.3 is 6.18 Å². The van der Waals surface area contributed by atoms with Crippen molar-refractivity contribution in [1.82, 2.24) is 0 Å². The Balaban J connectivity index is 2.26. The third-order valence-corrected chi connectivity index (χ3v) is 3.15. The Labute approximate surface area is 122 Å². The molecule has 0 nitrogen and oxygen atoms in total. The number of hydrogen-bond acceptors (Lipinski definition) is 0. The summed E-state index contributed by atoms with van der Waals surface area (Å²) in [5.41, 5.74) is 0.934. The van der Waals surface area contributed by atoms with Crippen LogP contribution in [0.3, 0.4) is 0 Å². The summed E-state index contributed by atoms with van der Waals surface area (Å²) in [5, 5.41) is 0. The van der Waals surface area contributed by atoms with Crippen molar-refractivity contribution in [2.45, 2.75) is 12.1 Å². The van der Waals surface area contributed by atoms with Crippen molar-refractivity contribution >= 4 is 6.08 Å². The second-order valence-corrected chi connectivity index (χ2v) is 4.65. The Morgan fingerprint density at radius 3 is 2.29 bits per heavy atom. The van der Waals surface area contributed by atoms with E-state index >= 15 is 0 Å². The van der Waals surface area contributed by atoms with Gasteiger partial charge in [-0.25, -0.2) is 0 Å². The maximum atomic E-state index is 12.7. The molecule has 0 heterocycles. The Bertz CT molecular complexity index is 624. The highest BCUT2D eigenvalue weighted by molar-refractivity contribution is 5.51. The fourth-order valence-electron chi connectivity index (χ4n) is 2.03. The van der Waals surface area contributed by atoms with Crippen LogP contribution >= 0.6 is 0 Å². The van der Waals surface area contributed by atoms with Crippen LogP contribution in [0, 0.1) is 0 Å². The minimum atomic E-state index is -4.33. The van der Waals surface area contributed by atoms with Crippen LogP contribution in [-0.2, 0) is 6.18 Å². The lowest BCUT2D eigenvalue weighted by Gasteiger charge is -2.12. The normalized spacial score (nSPS) is 13.3. The SMILES string of the molecule is C=C[C@H](/C=C/c1ccccc1)c1cccc(C(F)(F)F)c1. The Kier molecular flexibility index (Phi) is 4.63. The maximum Gasteiger partial charge on any atom is 0.416 e. The quantitative estimate of drug-likeness (QED) is 0.634. The highest BCUT2D eigenvalue weighted by Crippen LogP contribution is 2.31. The summed E-state index contributed by atoms with van der Waals surface area (Å²) < 4.78 is 38.2. The lowest BCUT2D eigenvalue weighted by molar-refractivity contribution is -0.137. The van der Waals surface area contributed by atoms with E-state index in [1.54, 1.807) is 12.1 Å². The van der Waals surface area contributed by atoms with E-state index in [4.69, 9.17) is 0 Å². The van der Waals surface area contributed by atoms with Crippen molar-refractivity contribution in [3.63, 3.8) is 0 Å². The molecule has 0 aliphatic carbocycles. The molecule has 0 aliphatic heterocycles.